The maximum atomic E-state index is 5.69. The second-order valence-electron chi connectivity index (χ2n) is 3.24. The Bertz CT molecular complexity index is 435. The fourth-order valence-corrected chi connectivity index (χ4v) is 1.40. The standard InChI is InChI=1S/C10H11ClN4/c11-10-2-1-8(4-13-10)6-15-7-9(3-12)5-14-15/h1-2,4-5,7H,3,6,12H2. The summed E-state index contributed by atoms with van der Waals surface area (Å²) in [7, 11) is 0. The Hall–Kier alpha value is -1.39. The van der Waals surface area contributed by atoms with Crippen LogP contribution in [-0.2, 0) is 13.1 Å². The van der Waals surface area contributed by atoms with Crippen molar-refractivity contribution in [3.8, 4) is 0 Å². The third kappa shape index (κ3) is 2.55. The number of hydrogen-bond acceptors (Lipinski definition) is 3. The Morgan fingerprint density at radius 1 is 1.27 bits per heavy atom. The number of nitrogens with zero attached hydrogens (tertiary/aromatic N) is 3. The summed E-state index contributed by atoms with van der Waals surface area (Å²) >= 11 is 5.69. The lowest BCUT2D eigenvalue weighted by atomic mass is 10.3. The van der Waals surface area contributed by atoms with Crippen LogP contribution in [-0.4, -0.2) is 14.8 Å². The number of hydrogen-bond donors (Lipinski definition) is 1. The quantitative estimate of drug-likeness (QED) is 0.800. The van der Waals surface area contributed by atoms with Crippen molar-refractivity contribution in [3.63, 3.8) is 0 Å². The van der Waals surface area contributed by atoms with Gasteiger partial charge in [0.2, 0.25) is 0 Å². The summed E-state index contributed by atoms with van der Waals surface area (Å²) in [6.45, 7) is 1.20. The summed E-state index contributed by atoms with van der Waals surface area (Å²) in [5, 5.41) is 4.68. The van der Waals surface area contributed by atoms with Gasteiger partial charge >= 0.3 is 0 Å². The maximum absolute atomic E-state index is 5.69. The zero-order valence-electron chi connectivity index (χ0n) is 8.10. The van der Waals surface area contributed by atoms with E-state index < -0.39 is 0 Å². The van der Waals surface area contributed by atoms with Crippen LogP contribution in [0.5, 0.6) is 0 Å². The molecule has 0 aliphatic rings. The molecule has 0 unspecified atom stereocenters. The normalized spacial score (nSPS) is 10.5. The van der Waals surface area contributed by atoms with Crippen LogP contribution < -0.4 is 5.73 Å². The highest BCUT2D eigenvalue weighted by Gasteiger charge is 1.98. The number of nitrogens with two attached hydrogens (primary N) is 1. The van der Waals surface area contributed by atoms with Gasteiger partial charge in [0.25, 0.3) is 0 Å². The molecule has 0 saturated carbocycles. The number of halogens is 1. The van der Waals surface area contributed by atoms with E-state index in [9.17, 15) is 0 Å². The molecule has 0 aromatic carbocycles. The van der Waals surface area contributed by atoms with Crippen molar-refractivity contribution in [1.82, 2.24) is 14.8 Å². The van der Waals surface area contributed by atoms with Gasteiger partial charge in [-0.05, 0) is 11.6 Å². The molecule has 0 bridgehead atoms. The summed E-state index contributed by atoms with van der Waals surface area (Å²) in [5.74, 6) is 0. The fraction of sp³-hybridized carbons (Fsp3) is 0.200. The van der Waals surface area contributed by atoms with E-state index >= 15 is 0 Å². The molecule has 0 spiro atoms. The Labute approximate surface area is 92.7 Å². The molecule has 2 rings (SSSR count). The van der Waals surface area contributed by atoms with Crippen molar-refractivity contribution in [1.29, 1.82) is 0 Å². The Morgan fingerprint density at radius 2 is 2.13 bits per heavy atom. The van der Waals surface area contributed by atoms with Gasteiger partial charge in [0.1, 0.15) is 5.15 Å². The van der Waals surface area contributed by atoms with E-state index in [2.05, 4.69) is 10.1 Å². The molecule has 15 heavy (non-hydrogen) atoms. The highest BCUT2D eigenvalue weighted by Crippen LogP contribution is 2.07. The van der Waals surface area contributed by atoms with Gasteiger partial charge in [-0.3, -0.25) is 4.68 Å². The second kappa shape index (κ2) is 4.42. The second-order valence-corrected chi connectivity index (χ2v) is 3.63. The highest BCUT2D eigenvalue weighted by atomic mass is 35.5. The first kappa shape index (κ1) is 10.1. The molecule has 4 nitrogen and oxygen atoms in total. The smallest absolute Gasteiger partial charge is 0.129 e. The third-order valence-electron chi connectivity index (χ3n) is 2.06. The van der Waals surface area contributed by atoms with Gasteiger partial charge in [0.15, 0.2) is 0 Å². The van der Waals surface area contributed by atoms with E-state index in [1.807, 2.05) is 16.9 Å². The molecule has 78 valence electrons. The zero-order chi connectivity index (χ0) is 10.7. The number of aromatic nitrogens is 3. The van der Waals surface area contributed by atoms with Crippen molar-refractivity contribution in [2.24, 2.45) is 5.73 Å². The molecule has 2 N–H and O–H groups in total. The fourth-order valence-electron chi connectivity index (χ4n) is 1.29. The van der Waals surface area contributed by atoms with Crippen LogP contribution in [0, 0.1) is 0 Å². The maximum Gasteiger partial charge on any atom is 0.129 e. The lowest BCUT2D eigenvalue weighted by Crippen LogP contribution is -2.00. The van der Waals surface area contributed by atoms with Gasteiger partial charge in [0, 0.05) is 24.5 Å². The Kier molecular flexibility index (Phi) is 2.99. The van der Waals surface area contributed by atoms with E-state index in [1.54, 1.807) is 18.5 Å². The highest BCUT2D eigenvalue weighted by molar-refractivity contribution is 6.29. The molecular weight excluding hydrogens is 212 g/mol. The monoisotopic (exact) mass is 222 g/mol. The lowest BCUT2D eigenvalue weighted by Gasteiger charge is -2.00. The Balaban J connectivity index is 2.11. The molecule has 0 atom stereocenters. The van der Waals surface area contributed by atoms with Crippen LogP contribution in [0.2, 0.25) is 5.15 Å². The molecule has 2 heterocycles. The van der Waals surface area contributed by atoms with Gasteiger partial charge in [-0.2, -0.15) is 5.10 Å². The first-order valence-corrected chi connectivity index (χ1v) is 4.97. The molecule has 2 aromatic heterocycles. The molecule has 5 heteroatoms. The van der Waals surface area contributed by atoms with Gasteiger partial charge in [-0.25, -0.2) is 4.98 Å². The number of rotatable bonds is 3. The van der Waals surface area contributed by atoms with Crippen LogP contribution in [0.3, 0.4) is 0 Å². The van der Waals surface area contributed by atoms with Crippen molar-refractivity contribution in [3.05, 3.63) is 47.0 Å². The Morgan fingerprint density at radius 3 is 2.73 bits per heavy atom. The first-order chi connectivity index (χ1) is 7.28. The molecule has 0 aliphatic heterocycles. The minimum atomic E-state index is 0.502. The molecule has 0 fully saturated rings. The van der Waals surface area contributed by atoms with Gasteiger partial charge in [0.05, 0.1) is 12.7 Å². The van der Waals surface area contributed by atoms with E-state index in [0.29, 0.717) is 18.2 Å². The van der Waals surface area contributed by atoms with E-state index in [1.165, 1.54) is 0 Å². The molecular formula is C10H11ClN4. The summed E-state index contributed by atoms with van der Waals surface area (Å²) in [6.07, 6.45) is 5.43. The predicted molar refractivity (Wildman–Crippen MR) is 58.5 cm³/mol. The van der Waals surface area contributed by atoms with Crippen LogP contribution >= 0.6 is 11.6 Å². The largest absolute Gasteiger partial charge is 0.326 e. The summed E-state index contributed by atoms with van der Waals surface area (Å²) in [4.78, 5) is 4.00. The average Bonchev–Trinajstić information content (AvgIpc) is 2.69. The summed E-state index contributed by atoms with van der Waals surface area (Å²) in [6, 6.07) is 3.70. The van der Waals surface area contributed by atoms with Crippen LogP contribution in [0.4, 0.5) is 0 Å². The van der Waals surface area contributed by atoms with E-state index in [0.717, 1.165) is 11.1 Å². The molecule has 2 aromatic rings. The van der Waals surface area contributed by atoms with Crippen molar-refractivity contribution < 1.29 is 0 Å². The summed E-state index contributed by atoms with van der Waals surface area (Å²) < 4.78 is 1.83. The van der Waals surface area contributed by atoms with E-state index in [4.69, 9.17) is 17.3 Å². The minimum Gasteiger partial charge on any atom is -0.326 e. The molecule has 0 saturated heterocycles. The topological polar surface area (TPSA) is 56.7 Å². The third-order valence-corrected chi connectivity index (χ3v) is 2.28. The molecule has 0 amide bonds. The van der Waals surface area contributed by atoms with Crippen LogP contribution in [0.1, 0.15) is 11.1 Å². The van der Waals surface area contributed by atoms with Crippen molar-refractivity contribution in [2.45, 2.75) is 13.1 Å². The lowest BCUT2D eigenvalue weighted by molar-refractivity contribution is 0.684. The van der Waals surface area contributed by atoms with Crippen LogP contribution in [0.15, 0.2) is 30.7 Å². The first-order valence-electron chi connectivity index (χ1n) is 4.60. The SMILES string of the molecule is NCc1cnn(Cc2ccc(Cl)nc2)c1. The molecule has 0 radical (unpaired) electrons. The van der Waals surface area contributed by atoms with Crippen molar-refractivity contribution in [2.75, 3.05) is 0 Å². The van der Waals surface area contributed by atoms with E-state index in [-0.39, 0.29) is 0 Å². The average molecular weight is 223 g/mol. The number of pyridine rings is 1. The van der Waals surface area contributed by atoms with Gasteiger partial charge < -0.3 is 5.73 Å². The predicted octanol–water partition coefficient (Wildman–Crippen LogP) is 1.44. The summed E-state index contributed by atoms with van der Waals surface area (Å²) in [5.41, 5.74) is 7.58. The van der Waals surface area contributed by atoms with Gasteiger partial charge in [-0.1, -0.05) is 17.7 Å². The van der Waals surface area contributed by atoms with Gasteiger partial charge in [-0.15, -0.1) is 0 Å². The zero-order valence-corrected chi connectivity index (χ0v) is 8.85. The van der Waals surface area contributed by atoms with Crippen molar-refractivity contribution >= 4 is 11.6 Å². The van der Waals surface area contributed by atoms with Crippen LogP contribution in [0.25, 0.3) is 0 Å². The molecule has 0 aliphatic carbocycles. The minimum absolute atomic E-state index is 0.502.